The highest BCUT2D eigenvalue weighted by Gasteiger charge is 2.27. The van der Waals surface area contributed by atoms with Gasteiger partial charge in [-0.25, -0.2) is 0 Å². The molecule has 2 heterocycles. The molecule has 3 rings (SSSR count). The summed E-state index contributed by atoms with van der Waals surface area (Å²) in [6, 6.07) is 8.66. The van der Waals surface area contributed by atoms with Gasteiger partial charge in [0.1, 0.15) is 0 Å². The summed E-state index contributed by atoms with van der Waals surface area (Å²) in [4.78, 5) is 2.60. The maximum absolute atomic E-state index is 6.39. The average Bonchev–Trinajstić information content (AvgIpc) is 2.50. The number of nitrogens with one attached hydrogen (secondary N) is 1. The summed E-state index contributed by atoms with van der Waals surface area (Å²) in [5.41, 5.74) is 1.26. The van der Waals surface area contributed by atoms with Gasteiger partial charge < -0.3 is 10.1 Å². The van der Waals surface area contributed by atoms with E-state index >= 15 is 0 Å². The molecule has 110 valence electrons. The summed E-state index contributed by atoms with van der Waals surface area (Å²) in [5, 5.41) is 4.39. The van der Waals surface area contributed by atoms with Crippen molar-refractivity contribution in [3.8, 4) is 0 Å². The van der Waals surface area contributed by atoms with Gasteiger partial charge >= 0.3 is 0 Å². The van der Waals surface area contributed by atoms with Gasteiger partial charge in [0.05, 0.1) is 0 Å². The largest absolute Gasteiger partial charge is 0.381 e. The van der Waals surface area contributed by atoms with Crippen LogP contribution in [0.15, 0.2) is 24.3 Å². The van der Waals surface area contributed by atoms with Crippen LogP contribution in [-0.4, -0.2) is 44.3 Å². The van der Waals surface area contributed by atoms with Gasteiger partial charge in [-0.3, -0.25) is 4.90 Å². The SMILES string of the molecule is Clc1ccccc1C1CNCCN1CC1CCOCC1. The quantitative estimate of drug-likeness (QED) is 0.928. The van der Waals surface area contributed by atoms with E-state index in [2.05, 4.69) is 22.3 Å². The Morgan fingerprint density at radius 3 is 2.85 bits per heavy atom. The fourth-order valence-electron chi connectivity index (χ4n) is 3.28. The minimum Gasteiger partial charge on any atom is -0.381 e. The van der Waals surface area contributed by atoms with Gasteiger partial charge in [0.2, 0.25) is 0 Å². The first-order valence-corrected chi connectivity index (χ1v) is 7.99. The van der Waals surface area contributed by atoms with Crippen LogP contribution in [0.5, 0.6) is 0 Å². The van der Waals surface area contributed by atoms with E-state index in [1.165, 1.54) is 24.9 Å². The van der Waals surface area contributed by atoms with E-state index in [0.29, 0.717) is 6.04 Å². The standard InChI is InChI=1S/C16H23ClN2O/c17-15-4-2-1-3-14(15)16-11-18-7-8-19(16)12-13-5-9-20-10-6-13/h1-4,13,16,18H,5-12H2. The first kappa shape index (κ1) is 14.3. The molecular weight excluding hydrogens is 272 g/mol. The van der Waals surface area contributed by atoms with Crippen LogP contribution in [0.3, 0.4) is 0 Å². The third kappa shape index (κ3) is 3.34. The van der Waals surface area contributed by atoms with Gasteiger partial charge in [0.25, 0.3) is 0 Å². The summed E-state index contributed by atoms with van der Waals surface area (Å²) in [7, 11) is 0. The third-order valence-corrected chi connectivity index (χ3v) is 4.80. The lowest BCUT2D eigenvalue weighted by atomic mass is 9.96. The Morgan fingerprint density at radius 1 is 1.25 bits per heavy atom. The zero-order valence-electron chi connectivity index (χ0n) is 11.9. The van der Waals surface area contributed by atoms with Crippen LogP contribution in [0.4, 0.5) is 0 Å². The van der Waals surface area contributed by atoms with E-state index in [-0.39, 0.29) is 0 Å². The van der Waals surface area contributed by atoms with Crippen LogP contribution in [0.25, 0.3) is 0 Å². The lowest BCUT2D eigenvalue weighted by molar-refractivity contribution is 0.0408. The molecule has 0 aromatic heterocycles. The van der Waals surface area contributed by atoms with Crippen molar-refractivity contribution in [3.63, 3.8) is 0 Å². The van der Waals surface area contributed by atoms with Crippen LogP contribution in [0, 0.1) is 5.92 Å². The third-order valence-electron chi connectivity index (χ3n) is 4.45. The second kappa shape index (κ2) is 6.90. The highest BCUT2D eigenvalue weighted by Crippen LogP contribution is 2.30. The highest BCUT2D eigenvalue weighted by atomic mass is 35.5. The van der Waals surface area contributed by atoms with Crippen molar-refractivity contribution in [1.29, 1.82) is 0 Å². The second-order valence-corrected chi connectivity index (χ2v) is 6.20. The average molecular weight is 295 g/mol. The molecule has 2 saturated heterocycles. The van der Waals surface area contributed by atoms with Crippen LogP contribution in [0.1, 0.15) is 24.4 Å². The molecule has 0 radical (unpaired) electrons. The number of rotatable bonds is 3. The van der Waals surface area contributed by atoms with Crippen LogP contribution in [0.2, 0.25) is 5.02 Å². The normalized spacial score (nSPS) is 25.8. The van der Waals surface area contributed by atoms with E-state index in [9.17, 15) is 0 Å². The number of halogens is 1. The summed E-state index contributed by atoms with van der Waals surface area (Å²) in [6.45, 7) is 6.19. The number of ether oxygens (including phenoxy) is 1. The monoisotopic (exact) mass is 294 g/mol. The molecule has 2 aliphatic rings. The van der Waals surface area contributed by atoms with Gasteiger partial charge in [-0.1, -0.05) is 29.8 Å². The maximum Gasteiger partial charge on any atom is 0.0488 e. The van der Waals surface area contributed by atoms with Crippen molar-refractivity contribution in [1.82, 2.24) is 10.2 Å². The van der Waals surface area contributed by atoms with Crippen LogP contribution in [-0.2, 0) is 4.74 Å². The van der Waals surface area contributed by atoms with Crippen molar-refractivity contribution < 1.29 is 4.74 Å². The molecule has 20 heavy (non-hydrogen) atoms. The predicted octanol–water partition coefficient (Wildman–Crippen LogP) is 2.71. The van der Waals surface area contributed by atoms with Gasteiger partial charge in [-0.05, 0) is 30.4 Å². The Kier molecular flexibility index (Phi) is 4.94. The van der Waals surface area contributed by atoms with E-state index in [4.69, 9.17) is 16.3 Å². The van der Waals surface area contributed by atoms with Crippen molar-refractivity contribution in [2.75, 3.05) is 39.4 Å². The Hall–Kier alpha value is -0.610. The predicted molar refractivity (Wildman–Crippen MR) is 82.2 cm³/mol. The van der Waals surface area contributed by atoms with E-state index < -0.39 is 0 Å². The molecule has 0 aliphatic carbocycles. The van der Waals surface area contributed by atoms with Crippen LogP contribution >= 0.6 is 11.6 Å². The molecule has 0 amide bonds. The summed E-state index contributed by atoms with van der Waals surface area (Å²) in [5.74, 6) is 0.770. The summed E-state index contributed by atoms with van der Waals surface area (Å²) < 4.78 is 5.47. The molecule has 1 aromatic carbocycles. The Bertz CT molecular complexity index is 434. The minimum absolute atomic E-state index is 0.403. The fourth-order valence-corrected chi connectivity index (χ4v) is 3.54. The lowest BCUT2D eigenvalue weighted by Gasteiger charge is -2.39. The van der Waals surface area contributed by atoms with Crippen molar-refractivity contribution in [3.05, 3.63) is 34.9 Å². The molecular formula is C16H23ClN2O. The number of hydrogen-bond acceptors (Lipinski definition) is 3. The molecule has 1 unspecified atom stereocenters. The van der Waals surface area contributed by atoms with E-state index in [1.807, 2.05) is 12.1 Å². The Balaban J connectivity index is 1.72. The second-order valence-electron chi connectivity index (χ2n) is 5.79. The Morgan fingerprint density at radius 2 is 2.05 bits per heavy atom. The maximum atomic E-state index is 6.39. The molecule has 1 N–H and O–H groups in total. The zero-order valence-corrected chi connectivity index (χ0v) is 12.6. The van der Waals surface area contributed by atoms with Crippen LogP contribution < -0.4 is 5.32 Å². The Labute approximate surface area is 126 Å². The van der Waals surface area contributed by atoms with Gasteiger partial charge in [-0.2, -0.15) is 0 Å². The zero-order chi connectivity index (χ0) is 13.8. The van der Waals surface area contributed by atoms with Gasteiger partial charge in [-0.15, -0.1) is 0 Å². The molecule has 3 nitrogen and oxygen atoms in total. The molecule has 2 aliphatic heterocycles. The minimum atomic E-state index is 0.403. The topological polar surface area (TPSA) is 24.5 Å². The number of benzene rings is 1. The molecule has 1 aromatic rings. The molecule has 4 heteroatoms. The molecule has 2 fully saturated rings. The van der Waals surface area contributed by atoms with Gasteiger partial charge in [0, 0.05) is 50.5 Å². The van der Waals surface area contributed by atoms with E-state index in [1.54, 1.807) is 0 Å². The number of hydrogen-bond donors (Lipinski definition) is 1. The summed E-state index contributed by atoms with van der Waals surface area (Å²) >= 11 is 6.39. The number of nitrogens with zero attached hydrogens (tertiary/aromatic N) is 1. The first-order valence-electron chi connectivity index (χ1n) is 7.61. The highest BCUT2D eigenvalue weighted by molar-refractivity contribution is 6.31. The molecule has 0 saturated carbocycles. The van der Waals surface area contributed by atoms with Crippen molar-refractivity contribution >= 4 is 11.6 Å². The lowest BCUT2D eigenvalue weighted by Crippen LogP contribution is -2.48. The molecule has 1 atom stereocenters. The first-order chi connectivity index (χ1) is 9.84. The van der Waals surface area contributed by atoms with E-state index in [0.717, 1.165) is 43.8 Å². The number of piperazine rings is 1. The fraction of sp³-hybridized carbons (Fsp3) is 0.625. The molecule has 0 spiro atoms. The van der Waals surface area contributed by atoms with Crippen molar-refractivity contribution in [2.24, 2.45) is 5.92 Å². The molecule has 0 bridgehead atoms. The smallest absolute Gasteiger partial charge is 0.0488 e. The summed E-state index contributed by atoms with van der Waals surface area (Å²) in [6.07, 6.45) is 2.39. The van der Waals surface area contributed by atoms with Gasteiger partial charge in [0.15, 0.2) is 0 Å². The van der Waals surface area contributed by atoms with Crippen molar-refractivity contribution in [2.45, 2.75) is 18.9 Å².